The van der Waals surface area contributed by atoms with Gasteiger partial charge in [0.25, 0.3) is 0 Å². The predicted molar refractivity (Wildman–Crippen MR) is 101 cm³/mol. The van der Waals surface area contributed by atoms with Crippen molar-refractivity contribution in [2.75, 3.05) is 20.3 Å². The van der Waals surface area contributed by atoms with E-state index in [-0.39, 0.29) is 55.2 Å². The Morgan fingerprint density at radius 1 is 1.37 bits per heavy atom. The first kappa shape index (κ1) is 18.2. The first-order valence-corrected chi connectivity index (χ1v) is 9.64. The van der Waals surface area contributed by atoms with Crippen LogP contribution < -0.4 is 0 Å². The van der Waals surface area contributed by atoms with E-state index in [1.54, 1.807) is 0 Å². The standard InChI is InChI=1S/C21H26N2O4/c1-3-13-15(9-19(26)27-2)18(25)10-23-12(11-24)8-16-14-6-4-5-7-17(14)22-20(16)21(13)23/h4-7,12-13,15,21-22,24H,3,8-11H2,1-2H3/t12-,13+,15+,21+/m0/s1. The number of esters is 1. The summed E-state index contributed by atoms with van der Waals surface area (Å²) in [7, 11) is 1.36. The summed E-state index contributed by atoms with van der Waals surface area (Å²) in [4.78, 5) is 30.5. The zero-order valence-corrected chi connectivity index (χ0v) is 15.8. The van der Waals surface area contributed by atoms with Gasteiger partial charge in [0.05, 0.1) is 32.7 Å². The Hall–Kier alpha value is -2.18. The number of hydrogen-bond acceptors (Lipinski definition) is 5. The third-order valence-electron chi connectivity index (χ3n) is 6.38. The van der Waals surface area contributed by atoms with Crippen molar-refractivity contribution in [2.45, 2.75) is 38.3 Å². The van der Waals surface area contributed by atoms with Crippen LogP contribution in [0.2, 0.25) is 0 Å². The number of hydrogen-bond donors (Lipinski definition) is 2. The molecule has 1 aromatic heterocycles. The fraction of sp³-hybridized carbons (Fsp3) is 0.524. The fourth-order valence-corrected chi connectivity index (χ4v) is 5.09. The molecule has 27 heavy (non-hydrogen) atoms. The first-order chi connectivity index (χ1) is 13.1. The van der Waals surface area contributed by atoms with Gasteiger partial charge in [0.2, 0.25) is 0 Å². The number of ether oxygens (including phenoxy) is 1. The van der Waals surface area contributed by atoms with E-state index >= 15 is 0 Å². The van der Waals surface area contributed by atoms with Crippen LogP contribution in [0.15, 0.2) is 24.3 Å². The zero-order valence-electron chi connectivity index (χ0n) is 15.8. The van der Waals surface area contributed by atoms with Gasteiger partial charge in [-0.25, -0.2) is 0 Å². The van der Waals surface area contributed by atoms with E-state index in [0.29, 0.717) is 0 Å². The van der Waals surface area contributed by atoms with Gasteiger partial charge in [-0.2, -0.15) is 0 Å². The van der Waals surface area contributed by atoms with Crippen LogP contribution in [0.5, 0.6) is 0 Å². The van der Waals surface area contributed by atoms with Crippen molar-refractivity contribution in [1.82, 2.24) is 9.88 Å². The van der Waals surface area contributed by atoms with Crippen LogP contribution in [0.25, 0.3) is 10.9 Å². The van der Waals surface area contributed by atoms with Gasteiger partial charge < -0.3 is 14.8 Å². The summed E-state index contributed by atoms with van der Waals surface area (Å²) >= 11 is 0. The number of piperidine rings is 1. The number of aromatic amines is 1. The molecule has 4 rings (SSSR count). The van der Waals surface area contributed by atoms with Crippen molar-refractivity contribution in [3.63, 3.8) is 0 Å². The normalized spacial score (nSPS) is 28.0. The number of fused-ring (bicyclic) bond motifs is 5. The number of methoxy groups -OCH3 is 1. The highest BCUT2D eigenvalue weighted by atomic mass is 16.5. The van der Waals surface area contributed by atoms with Gasteiger partial charge in [-0.15, -0.1) is 0 Å². The fourth-order valence-electron chi connectivity index (χ4n) is 5.09. The minimum Gasteiger partial charge on any atom is -0.469 e. The van der Waals surface area contributed by atoms with Gasteiger partial charge in [-0.1, -0.05) is 31.5 Å². The molecule has 144 valence electrons. The molecule has 0 saturated carbocycles. The van der Waals surface area contributed by atoms with Gasteiger partial charge in [0.15, 0.2) is 5.78 Å². The summed E-state index contributed by atoms with van der Waals surface area (Å²) in [6.45, 7) is 2.35. The first-order valence-electron chi connectivity index (χ1n) is 9.64. The van der Waals surface area contributed by atoms with E-state index in [1.165, 1.54) is 18.1 Å². The zero-order chi connectivity index (χ0) is 19.1. The monoisotopic (exact) mass is 370 g/mol. The van der Waals surface area contributed by atoms with Crippen LogP contribution in [0.1, 0.15) is 37.1 Å². The Bertz CT molecular complexity index is 874. The van der Waals surface area contributed by atoms with Crippen molar-refractivity contribution in [3.8, 4) is 0 Å². The van der Waals surface area contributed by atoms with Gasteiger partial charge in [-0.05, 0) is 24.0 Å². The van der Waals surface area contributed by atoms with Gasteiger partial charge in [0, 0.05) is 28.6 Å². The highest BCUT2D eigenvalue weighted by Gasteiger charge is 2.49. The molecule has 2 aliphatic rings. The number of aliphatic hydroxyl groups excluding tert-OH is 1. The average molecular weight is 370 g/mol. The summed E-state index contributed by atoms with van der Waals surface area (Å²) in [5.74, 6) is -0.611. The summed E-state index contributed by atoms with van der Waals surface area (Å²) in [5.41, 5.74) is 3.45. The molecule has 1 aromatic carbocycles. The number of carbonyl (C=O) groups excluding carboxylic acids is 2. The lowest BCUT2D eigenvalue weighted by molar-refractivity contribution is -0.149. The molecule has 0 bridgehead atoms. The highest BCUT2D eigenvalue weighted by Crippen LogP contribution is 2.47. The molecule has 6 nitrogen and oxygen atoms in total. The number of ketones is 1. The maximum Gasteiger partial charge on any atom is 0.306 e. The van der Waals surface area contributed by atoms with Crippen LogP contribution in [0, 0.1) is 11.8 Å². The highest BCUT2D eigenvalue weighted by molar-refractivity contribution is 5.89. The lowest BCUT2D eigenvalue weighted by Gasteiger charge is -2.49. The van der Waals surface area contributed by atoms with Crippen molar-refractivity contribution in [3.05, 3.63) is 35.5 Å². The number of H-pyrrole nitrogens is 1. The molecule has 2 aromatic rings. The Kier molecular flexibility index (Phi) is 4.78. The molecule has 2 N–H and O–H groups in total. The summed E-state index contributed by atoms with van der Waals surface area (Å²) in [5, 5.41) is 11.2. The van der Waals surface area contributed by atoms with Gasteiger partial charge >= 0.3 is 5.97 Å². The molecule has 0 radical (unpaired) electrons. The number of nitrogens with zero attached hydrogens (tertiary/aromatic N) is 1. The maximum atomic E-state index is 12.9. The molecule has 0 aliphatic carbocycles. The number of aliphatic hydroxyl groups is 1. The van der Waals surface area contributed by atoms with Crippen molar-refractivity contribution in [2.24, 2.45) is 11.8 Å². The van der Waals surface area contributed by atoms with Crippen molar-refractivity contribution < 1.29 is 19.4 Å². The van der Waals surface area contributed by atoms with Gasteiger partial charge in [0.1, 0.15) is 0 Å². The van der Waals surface area contributed by atoms with Crippen LogP contribution in [-0.4, -0.2) is 53.0 Å². The number of aromatic nitrogens is 1. The summed E-state index contributed by atoms with van der Waals surface area (Å²) in [6, 6.07) is 8.11. The maximum absolute atomic E-state index is 12.9. The molecule has 1 saturated heterocycles. The molecule has 0 unspecified atom stereocenters. The quantitative estimate of drug-likeness (QED) is 0.807. The lowest BCUT2D eigenvalue weighted by atomic mass is 9.71. The van der Waals surface area contributed by atoms with E-state index in [2.05, 4.69) is 28.9 Å². The molecular formula is C21H26N2O4. The second kappa shape index (κ2) is 7.09. The molecule has 0 amide bonds. The van der Waals surface area contributed by atoms with Crippen LogP contribution in [-0.2, 0) is 20.7 Å². The van der Waals surface area contributed by atoms with E-state index in [9.17, 15) is 14.7 Å². The molecule has 3 heterocycles. The molecule has 2 aliphatic heterocycles. The lowest BCUT2D eigenvalue weighted by Crippen LogP contribution is -2.56. The number of nitrogens with one attached hydrogen (secondary N) is 1. The predicted octanol–water partition coefficient (Wildman–Crippen LogP) is 2.22. The number of carbonyl (C=O) groups is 2. The molecule has 6 heteroatoms. The van der Waals surface area contributed by atoms with E-state index in [1.807, 2.05) is 12.1 Å². The summed E-state index contributed by atoms with van der Waals surface area (Å²) in [6.07, 6.45) is 1.62. The second-order valence-electron chi connectivity index (χ2n) is 7.65. The van der Waals surface area contributed by atoms with Crippen LogP contribution in [0.4, 0.5) is 0 Å². The Balaban J connectivity index is 1.82. The molecular weight excluding hydrogens is 344 g/mol. The summed E-state index contributed by atoms with van der Waals surface area (Å²) < 4.78 is 4.84. The third kappa shape index (κ3) is 2.87. The van der Waals surface area contributed by atoms with Crippen LogP contribution in [0.3, 0.4) is 0 Å². The third-order valence-corrected chi connectivity index (χ3v) is 6.38. The molecule has 4 atom stereocenters. The van der Waals surface area contributed by atoms with Gasteiger partial charge in [-0.3, -0.25) is 14.5 Å². The second-order valence-corrected chi connectivity index (χ2v) is 7.65. The smallest absolute Gasteiger partial charge is 0.306 e. The number of Topliss-reactive ketones (excluding diaryl/α,β-unsaturated/α-hetero) is 1. The largest absolute Gasteiger partial charge is 0.469 e. The van der Waals surface area contributed by atoms with E-state index in [0.717, 1.165) is 24.1 Å². The molecule has 1 fully saturated rings. The minimum atomic E-state index is -0.347. The Labute approximate surface area is 158 Å². The molecule has 0 spiro atoms. The van der Waals surface area contributed by atoms with E-state index < -0.39 is 0 Å². The topological polar surface area (TPSA) is 82.6 Å². The number of benzene rings is 1. The van der Waals surface area contributed by atoms with Crippen molar-refractivity contribution in [1.29, 1.82) is 0 Å². The number of para-hydroxylation sites is 1. The van der Waals surface area contributed by atoms with Crippen LogP contribution >= 0.6 is 0 Å². The van der Waals surface area contributed by atoms with E-state index in [4.69, 9.17) is 4.74 Å². The van der Waals surface area contributed by atoms with Crippen molar-refractivity contribution >= 4 is 22.7 Å². The minimum absolute atomic E-state index is 0.00402. The Morgan fingerprint density at radius 2 is 2.15 bits per heavy atom. The number of rotatable bonds is 4. The SMILES string of the molecule is CC[C@@H]1[C@@H](CC(=O)OC)C(=O)CN2[C@H](CO)Cc3c([nH]c4ccccc34)[C@@H]12. The Morgan fingerprint density at radius 3 is 2.85 bits per heavy atom. The average Bonchev–Trinajstić information content (AvgIpc) is 3.06.